The van der Waals surface area contributed by atoms with Gasteiger partial charge in [-0.15, -0.1) is 0 Å². The van der Waals surface area contributed by atoms with Crippen LogP contribution in [0.4, 0.5) is 13.6 Å². The number of fused-ring (bicyclic) bond motifs is 6. The number of alkyl carbamates (subject to hydrolysis) is 1. The summed E-state index contributed by atoms with van der Waals surface area (Å²) in [5, 5.41) is 11.2. The molecule has 4 N–H and O–H groups in total. The number of nitrogens with zero attached hydrogens (tertiary/aromatic N) is 4. The third-order valence-corrected chi connectivity index (χ3v) is 14.7. The Balaban J connectivity index is 0.892. The maximum absolute atomic E-state index is 14.6. The van der Waals surface area contributed by atoms with Gasteiger partial charge in [0.1, 0.15) is 29.8 Å². The van der Waals surface area contributed by atoms with Gasteiger partial charge in [0.25, 0.3) is 0 Å². The second-order valence-corrected chi connectivity index (χ2v) is 19.9. The Hall–Kier alpha value is -6.68. The number of amidine groups is 1. The minimum atomic E-state index is -2.87. The minimum absolute atomic E-state index is 0.00282. The van der Waals surface area contributed by atoms with Crippen molar-refractivity contribution in [1.29, 1.82) is 0 Å². The number of methoxy groups -OCH3 is 2. The number of carbonyl (C=O) groups is 4. The van der Waals surface area contributed by atoms with Crippen LogP contribution in [0.5, 0.6) is 0 Å². The van der Waals surface area contributed by atoms with Crippen LogP contribution in [0.15, 0.2) is 89.9 Å². The minimum Gasteiger partial charge on any atom is -0.453 e. The van der Waals surface area contributed by atoms with Crippen LogP contribution in [0.2, 0.25) is 0 Å². The molecule has 1 saturated carbocycles. The van der Waals surface area contributed by atoms with E-state index >= 15 is 0 Å². The van der Waals surface area contributed by atoms with E-state index in [1.165, 1.54) is 7.11 Å². The van der Waals surface area contributed by atoms with Gasteiger partial charge in [0.15, 0.2) is 0 Å². The Morgan fingerprint density at radius 2 is 1.64 bits per heavy atom. The zero-order valence-electron chi connectivity index (χ0n) is 39.4. The molecule has 69 heavy (non-hydrogen) atoms. The molecule has 2 aliphatic carbocycles. The van der Waals surface area contributed by atoms with Gasteiger partial charge in [0, 0.05) is 50.3 Å². The Bertz CT molecular complexity index is 2880. The molecule has 8 unspecified atom stereocenters. The van der Waals surface area contributed by atoms with Crippen molar-refractivity contribution in [1.82, 2.24) is 35.7 Å². The molecule has 0 bridgehead atoms. The van der Waals surface area contributed by atoms with Gasteiger partial charge in [-0.05, 0) is 76.1 Å². The molecule has 3 fully saturated rings. The summed E-state index contributed by atoms with van der Waals surface area (Å²) in [4.78, 5) is 71.5. The van der Waals surface area contributed by atoms with Crippen LogP contribution in [-0.2, 0) is 23.9 Å². The van der Waals surface area contributed by atoms with Crippen molar-refractivity contribution >= 4 is 57.5 Å². The second-order valence-electron chi connectivity index (χ2n) is 19.9. The summed E-state index contributed by atoms with van der Waals surface area (Å²) >= 11 is 0. The van der Waals surface area contributed by atoms with Crippen molar-refractivity contribution in [2.45, 2.75) is 88.6 Å². The van der Waals surface area contributed by atoms with E-state index in [0.29, 0.717) is 37.5 Å². The number of H-pyrrole nitrogens is 1. The van der Waals surface area contributed by atoms with Crippen molar-refractivity contribution < 1.29 is 37.4 Å². The van der Waals surface area contributed by atoms with Gasteiger partial charge in [0.05, 0.1) is 42.9 Å². The molecule has 0 spiro atoms. The van der Waals surface area contributed by atoms with Gasteiger partial charge in [0.2, 0.25) is 23.6 Å². The number of ether oxygens (including phenoxy) is 2. The standard InChI is InChI=1S/C53H58F2N8O6/c1-28(2)43(61-52(67)69-5)50(65)62-25-29(3)19-41(62)47-56-39-17-13-34-21-32(11-15-37(34)45(39)58-47)33-12-16-38-35(22-33)14-18-40-46(38)59-48(57-40)42-20-30(27-68-4)26-63(42)51(66)44(31-9-7-6-8-10-31)60-49(64)36-23-53(54,55)24-36/h6-18,21-22,28-30,36,39,41-45H,19-20,23-27H2,1-5H3,(H,56,58)(H,57,59)(H,60,64)(H,61,67). The third-order valence-electron chi connectivity index (χ3n) is 14.7. The summed E-state index contributed by atoms with van der Waals surface area (Å²) < 4.78 is 37.9. The molecular formula is C53H58F2N8O6. The number of likely N-dealkylation sites (tertiary alicyclic amines) is 2. The first-order valence-corrected chi connectivity index (χ1v) is 23.9. The van der Waals surface area contributed by atoms with E-state index < -0.39 is 54.8 Å². The number of hydrogen-bond acceptors (Lipinski definition) is 9. The first-order valence-electron chi connectivity index (χ1n) is 23.9. The third kappa shape index (κ3) is 8.83. The smallest absolute Gasteiger partial charge is 0.407 e. The average molecular weight is 941 g/mol. The molecule has 14 nitrogen and oxygen atoms in total. The number of rotatable bonds is 12. The Morgan fingerprint density at radius 1 is 0.884 bits per heavy atom. The highest BCUT2D eigenvalue weighted by Gasteiger charge is 2.50. The summed E-state index contributed by atoms with van der Waals surface area (Å²) in [6, 6.07) is 23.1. The summed E-state index contributed by atoms with van der Waals surface area (Å²) in [5.74, 6) is -3.21. The lowest BCUT2D eigenvalue weighted by Gasteiger charge is -2.35. The van der Waals surface area contributed by atoms with Gasteiger partial charge in [-0.2, -0.15) is 0 Å². The molecule has 2 saturated heterocycles. The summed E-state index contributed by atoms with van der Waals surface area (Å²) in [6.07, 6.45) is 3.93. The summed E-state index contributed by atoms with van der Waals surface area (Å²) in [7, 11) is 2.92. The molecule has 4 heterocycles. The van der Waals surface area contributed by atoms with E-state index in [0.717, 1.165) is 56.3 Å². The monoisotopic (exact) mass is 940 g/mol. The lowest BCUT2D eigenvalue weighted by atomic mass is 9.80. The number of nitrogens with one attached hydrogen (secondary N) is 4. The zero-order valence-corrected chi connectivity index (χ0v) is 39.4. The number of imidazole rings is 1. The quantitative estimate of drug-likeness (QED) is 0.0980. The number of halogens is 2. The van der Waals surface area contributed by atoms with E-state index in [2.05, 4.69) is 82.5 Å². The number of amides is 4. The fourth-order valence-electron chi connectivity index (χ4n) is 11.1. The van der Waals surface area contributed by atoms with E-state index in [1.807, 2.05) is 30.9 Å². The highest BCUT2D eigenvalue weighted by Crippen LogP contribution is 2.44. The zero-order chi connectivity index (χ0) is 48.3. The average Bonchev–Trinajstić information content (AvgIpc) is 4.16. The van der Waals surface area contributed by atoms with Gasteiger partial charge in [-0.3, -0.25) is 19.4 Å². The van der Waals surface area contributed by atoms with Crippen molar-refractivity contribution in [2.24, 2.45) is 28.7 Å². The van der Waals surface area contributed by atoms with Gasteiger partial charge in [-0.1, -0.05) is 93.6 Å². The highest BCUT2D eigenvalue weighted by atomic mass is 19.3. The predicted molar refractivity (Wildman–Crippen MR) is 258 cm³/mol. The van der Waals surface area contributed by atoms with E-state index in [9.17, 15) is 28.0 Å². The summed E-state index contributed by atoms with van der Waals surface area (Å²) in [6.45, 7) is 7.32. The lowest BCUT2D eigenvalue weighted by molar-refractivity contribution is -0.153. The van der Waals surface area contributed by atoms with E-state index in [1.54, 1.807) is 36.3 Å². The molecule has 5 aliphatic rings. The molecule has 10 rings (SSSR count). The van der Waals surface area contributed by atoms with E-state index in [4.69, 9.17) is 19.5 Å². The summed E-state index contributed by atoms with van der Waals surface area (Å²) in [5.41, 5.74) is 6.42. The van der Waals surface area contributed by atoms with Crippen molar-refractivity contribution in [3.8, 4) is 11.1 Å². The van der Waals surface area contributed by atoms with Crippen LogP contribution in [0.25, 0.3) is 39.0 Å². The van der Waals surface area contributed by atoms with Crippen LogP contribution in [0, 0.1) is 23.7 Å². The molecule has 1 aromatic heterocycles. The Kier molecular flexibility index (Phi) is 12.2. The normalized spacial score (nSPS) is 24.6. The topological polar surface area (TPSA) is 170 Å². The largest absolute Gasteiger partial charge is 0.453 e. The fraction of sp³-hybridized carbons (Fsp3) is 0.434. The SMILES string of the molecule is COCC1CC(c2nc3c(ccc4cc(-c5ccc6c(c5)C=CC5NC(C7CC(C)CN7C(=O)C(NC(=O)OC)C(C)C)=NC65)ccc43)[nH]2)N(C(=O)C(NC(=O)C2CC(F)(F)C2)c2ccccc2)C1. The number of aromatic nitrogens is 2. The number of alkyl halides is 2. The van der Waals surface area contributed by atoms with E-state index in [-0.39, 0.29) is 47.7 Å². The van der Waals surface area contributed by atoms with Crippen LogP contribution in [0.1, 0.15) is 87.1 Å². The predicted octanol–water partition coefficient (Wildman–Crippen LogP) is 7.88. The fourth-order valence-corrected chi connectivity index (χ4v) is 11.1. The molecule has 16 heteroatoms. The maximum Gasteiger partial charge on any atom is 0.407 e. The van der Waals surface area contributed by atoms with Crippen LogP contribution < -0.4 is 16.0 Å². The first-order chi connectivity index (χ1) is 33.2. The van der Waals surface area contributed by atoms with Crippen molar-refractivity contribution in [3.05, 3.63) is 107 Å². The van der Waals surface area contributed by atoms with Crippen molar-refractivity contribution in [3.63, 3.8) is 0 Å². The van der Waals surface area contributed by atoms with Crippen LogP contribution in [0.3, 0.4) is 0 Å². The van der Waals surface area contributed by atoms with Gasteiger partial charge >= 0.3 is 6.09 Å². The van der Waals surface area contributed by atoms with Gasteiger partial charge < -0.3 is 40.2 Å². The molecule has 4 amide bonds. The van der Waals surface area contributed by atoms with Crippen LogP contribution >= 0.6 is 0 Å². The molecule has 3 aliphatic heterocycles. The number of benzene rings is 4. The molecule has 360 valence electrons. The van der Waals surface area contributed by atoms with Crippen LogP contribution in [-0.4, -0.2) is 107 Å². The molecular weight excluding hydrogens is 883 g/mol. The Labute approximate surface area is 399 Å². The number of aromatic amines is 1. The number of aliphatic imine (C=N–C) groups is 1. The lowest BCUT2D eigenvalue weighted by Crippen LogP contribution is -2.55. The molecule has 0 radical (unpaired) electrons. The Morgan fingerprint density at radius 3 is 2.38 bits per heavy atom. The second kappa shape index (κ2) is 18.3. The molecule has 4 aromatic carbocycles. The highest BCUT2D eigenvalue weighted by molar-refractivity contribution is 6.05. The molecule has 8 atom stereocenters. The maximum atomic E-state index is 14.6. The number of carbonyl (C=O) groups excluding carboxylic acids is 4. The van der Waals surface area contributed by atoms with Crippen molar-refractivity contribution in [2.75, 3.05) is 33.9 Å². The van der Waals surface area contributed by atoms with Gasteiger partial charge in [-0.25, -0.2) is 18.6 Å². The first kappa shape index (κ1) is 46.1. The number of hydrogen-bond donors (Lipinski definition) is 4. The molecule has 5 aromatic rings.